The molecule has 106 valence electrons. The molecule has 0 aliphatic rings. The number of aromatic nitrogens is 1. The topological polar surface area (TPSA) is 53.1 Å². The SMILES string of the molecule is O=C(O)Cc1c(Cc2ccc(Cl)cc2)[nH]c2ccccc12. The van der Waals surface area contributed by atoms with Crippen molar-refractivity contribution >= 4 is 28.5 Å². The van der Waals surface area contributed by atoms with Gasteiger partial charge in [0.1, 0.15) is 0 Å². The Morgan fingerprint density at radius 2 is 1.81 bits per heavy atom. The van der Waals surface area contributed by atoms with Gasteiger partial charge in [-0.1, -0.05) is 41.9 Å². The quantitative estimate of drug-likeness (QED) is 0.764. The van der Waals surface area contributed by atoms with Crippen LogP contribution in [0.5, 0.6) is 0 Å². The predicted octanol–water partition coefficient (Wildman–Crippen LogP) is 4.04. The van der Waals surface area contributed by atoms with Crippen molar-refractivity contribution in [2.45, 2.75) is 12.8 Å². The molecule has 2 N–H and O–H groups in total. The summed E-state index contributed by atoms with van der Waals surface area (Å²) in [6, 6.07) is 15.4. The summed E-state index contributed by atoms with van der Waals surface area (Å²) in [5.41, 5.74) is 3.87. The van der Waals surface area contributed by atoms with Gasteiger partial charge in [0, 0.05) is 28.0 Å². The fourth-order valence-electron chi connectivity index (χ4n) is 2.57. The average molecular weight is 300 g/mol. The Balaban J connectivity index is 2.04. The van der Waals surface area contributed by atoms with Gasteiger partial charge in [0.15, 0.2) is 0 Å². The van der Waals surface area contributed by atoms with Crippen molar-refractivity contribution in [3.05, 3.63) is 70.4 Å². The molecule has 3 aromatic rings. The smallest absolute Gasteiger partial charge is 0.307 e. The van der Waals surface area contributed by atoms with Gasteiger partial charge >= 0.3 is 5.97 Å². The molecule has 0 aliphatic carbocycles. The number of halogens is 1. The zero-order valence-electron chi connectivity index (χ0n) is 11.3. The molecule has 0 fully saturated rings. The predicted molar refractivity (Wildman–Crippen MR) is 83.9 cm³/mol. The van der Waals surface area contributed by atoms with E-state index < -0.39 is 5.97 Å². The Hall–Kier alpha value is -2.26. The van der Waals surface area contributed by atoms with E-state index in [0.717, 1.165) is 27.7 Å². The van der Waals surface area contributed by atoms with Crippen LogP contribution in [0.3, 0.4) is 0 Å². The molecule has 0 amide bonds. The maximum absolute atomic E-state index is 11.1. The van der Waals surface area contributed by atoms with Crippen molar-refractivity contribution < 1.29 is 9.90 Å². The zero-order chi connectivity index (χ0) is 14.8. The molecule has 3 rings (SSSR count). The summed E-state index contributed by atoms with van der Waals surface area (Å²) in [6.45, 7) is 0. The van der Waals surface area contributed by atoms with E-state index in [4.69, 9.17) is 16.7 Å². The van der Waals surface area contributed by atoms with Crippen molar-refractivity contribution in [2.75, 3.05) is 0 Å². The van der Waals surface area contributed by atoms with E-state index in [1.165, 1.54) is 0 Å². The molecule has 1 heterocycles. The van der Waals surface area contributed by atoms with E-state index in [2.05, 4.69) is 4.98 Å². The molecule has 0 atom stereocenters. The minimum Gasteiger partial charge on any atom is -0.481 e. The number of hydrogen-bond acceptors (Lipinski definition) is 1. The van der Waals surface area contributed by atoms with E-state index in [1.807, 2.05) is 48.5 Å². The van der Waals surface area contributed by atoms with Gasteiger partial charge in [-0.25, -0.2) is 0 Å². The second-order valence-electron chi connectivity index (χ2n) is 5.00. The first-order chi connectivity index (χ1) is 10.1. The molecular formula is C17H14ClNO2. The Kier molecular flexibility index (Phi) is 3.67. The van der Waals surface area contributed by atoms with Crippen LogP contribution in [0.4, 0.5) is 0 Å². The lowest BCUT2D eigenvalue weighted by atomic mass is 10.0. The molecule has 0 saturated carbocycles. The molecule has 3 nitrogen and oxygen atoms in total. The van der Waals surface area contributed by atoms with Crippen molar-refractivity contribution in [1.82, 2.24) is 4.98 Å². The van der Waals surface area contributed by atoms with Crippen LogP contribution in [-0.4, -0.2) is 16.1 Å². The van der Waals surface area contributed by atoms with Crippen LogP contribution in [0.1, 0.15) is 16.8 Å². The maximum Gasteiger partial charge on any atom is 0.307 e. The fraction of sp³-hybridized carbons (Fsp3) is 0.118. The molecule has 0 spiro atoms. The molecule has 0 unspecified atom stereocenters. The van der Waals surface area contributed by atoms with Gasteiger partial charge < -0.3 is 10.1 Å². The molecule has 1 aromatic heterocycles. The summed E-state index contributed by atoms with van der Waals surface area (Å²) >= 11 is 5.89. The van der Waals surface area contributed by atoms with Gasteiger partial charge in [-0.3, -0.25) is 4.79 Å². The van der Waals surface area contributed by atoms with Crippen LogP contribution < -0.4 is 0 Å². The lowest BCUT2D eigenvalue weighted by molar-refractivity contribution is -0.136. The number of benzene rings is 2. The van der Waals surface area contributed by atoms with Gasteiger partial charge in [0.05, 0.1) is 6.42 Å². The summed E-state index contributed by atoms with van der Waals surface area (Å²) in [5.74, 6) is -0.822. The summed E-state index contributed by atoms with van der Waals surface area (Å²) in [5, 5.41) is 10.8. The highest BCUT2D eigenvalue weighted by molar-refractivity contribution is 6.30. The Labute approximate surface area is 127 Å². The van der Waals surface area contributed by atoms with Gasteiger partial charge in [-0.15, -0.1) is 0 Å². The number of aromatic amines is 1. The third-order valence-electron chi connectivity index (χ3n) is 3.52. The number of nitrogens with one attached hydrogen (secondary N) is 1. The van der Waals surface area contributed by atoms with Crippen molar-refractivity contribution in [2.24, 2.45) is 0 Å². The monoisotopic (exact) mass is 299 g/mol. The standard InChI is InChI=1S/C17H14ClNO2/c18-12-7-5-11(6-8-12)9-16-14(10-17(20)21)13-3-1-2-4-15(13)19-16/h1-8,19H,9-10H2,(H,20,21). The molecule has 21 heavy (non-hydrogen) atoms. The molecule has 0 radical (unpaired) electrons. The first kappa shape index (κ1) is 13.7. The number of aliphatic carboxylic acids is 1. The van der Waals surface area contributed by atoms with Crippen LogP contribution in [0.2, 0.25) is 5.02 Å². The third-order valence-corrected chi connectivity index (χ3v) is 3.78. The number of carbonyl (C=O) groups is 1. The molecule has 4 heteroatoms. The minimum absolute atomic E-state index is 0.0208. The summed E-state index contributed by atoms with van der Waals surface area (Å²) in [4.78, 5) is 14.5. The Morgan fingerprint density at radius 3 is 2.52 bits per heavy atom. The molecule has 0 bridgehead atoms. The molecule has 0 aliphatic heterocycles. The van der Waals surface area contributed by atoms with Gasteiger partial charge in [0.2, 0.25) is 0 Å². The number of fused-ring (bicyclic) bond motifs is 1. The van der Waals surface area contributed by atoms with E-state index in [9.17, 15) is 4.79 Å². The Morgan fingerprint density at radius 1 is 1.10 bits per heavy atom. The zero-order valence-corrected chi connectivity index (χ0v) is 12.0. The number of hydrogen-bond donors (Lipinski definition) is 2. The normalized spacial score (nSPS) is 10.9. The highest BCUT2D eigenvalue weighted by Gasteiger charge is 2.14. The highest BCUT2D eigenvalue weighted by Crippen LogP contribution is 2.25. The van der Waals surface area contributed by atoms with Gasteiger partial charge in [0.25, 0.3) is 0 Å². The largest absolute Gasteiger partial charge is 0.481 e. The molecular weight excluding hydrogens is 286 g/mol. The number of H-pyrrole nitrogens is 1. The van der Waals surface area contributed by atoms with Crippen LogP contribution in [0, 0.1) is 0 Å². The number of rotatable bonds is 4. The van der Waals surface area contributed by atoms with Crippen molar-refractivity contribution in [3.63, 3.8) is 0 Å². The highest BCUT2D eigenvalue weighted by atomic mass is 35.5. The van der Waals surface area contributed by atoms with E-state index in [-0.39, 0.29) is 6.42 Å². The summed E-state index contributed by atoms with van der Waals surface area (Å²) < 4.78 is 0. The second-order valence-corrected chi connectivity index (χ2v) is 5.44. The van der Waals surface area contributed by atoms with E-state index >= 15 is 0 Å². The summed E-state index contributed by atoms with van der Waals surface area (Å²) in [7, 11) is 0. The minimum atomic E-state index is -0.822. The van der Waals surface area contributed by atoms with Crippen LogP contribution in [0.25, 0.3) is 10.9 Å². The second kappa shape index (κ2) is 5.62. The van der Waals surface area contributed by atoms with Crippen molar-refractivity contribution in [3.8, 4) is 0 Å². The lowest BCUT2D eigenvalue weighted by Gasteiger charge is -2.03. The number of carboxylic acid groups (broad SMARTS) is 1. The molecule has 0 saturated heterocycles. The third kappa shape index (κ3) is 2.93. The van der Waals surface area contributed by atoms with E-state index in [0.29, 0.717) is 11.4 Å². The summed E-state index contributed by atoms with van der Waals surface area (Å²) in [6.07, 6.45) is 0.682. The maximum atomic E-state index is 11.1. The Bertz CT molecular complexity index is 790. The lowest BCUT2D eigenvalue weighted by Crippen LogP contribution is -2.03. The van der Waals surface area contributed by atoms with Crippen molar-refractivity contribution in [1.29, 1.82) is 0 Å². The molecule has 2 aromatic carbocycles. The van der Waals surface area contributed by atoms with Gasteiger partial charge in [-0.2, -0.15) is 0 Å². The average Bonchev–Trinajstić information content (AvgIpc) is 2.79. The first-order valence-electron chi connectivity index (χ1n) is 6.68. The first-order valence-corrected chi connectivity index (χ1v) is 7.06. The fourth-order valence-corrected chi connectivity index (χ4v) is 2.69. The number of carboxylic acids is 1. The van der Waals surface area contributed by atoms with Crippen LogP contribution >= 0.6 is 11.6 Å². The van der Waals surface area contributed by atoms with Gasteiger partial charge in [-0.05, 0) is 29.3 Å². The van der Waals surface area contributed by atoms with E-state index in [1.54, 1.807) is 0 Å². The van der Waals surface area contributed by atoms with Crippen LogP contribution in [-0.2, 0) is 17.6 Å². The number of para-hydroxylation sites is 1. The van der Waals surface area contributed by atoms with Crippen LogP contribution in [0.15, 0.2) is 48.5 Å².